The van der Waals surface area contributed by atoms with E-state index >= 15 is 0 Å². The molecule has 0 aliphatic carbocycles. The molecule has 0 aliphatic heterocycles. The molecule has 1 rings (SSSR count). The van der Waals surface area contributed by atoms with Gasteiger partial charge in [0, 0.05) is 0 Å². The lowest BCUT2D eigenvalue weighted by Gasteiger charge is -2.23. The number of carbonyl (C=O) groups is 1. The van der Waals surface area contributed by atoms with Crippen LogP contribution in [0.3, 0.4) is 0 Å². The van der Waals surface area contributed by atoms with Crippen LogP contribution >= 0.6 is 0 Å². The molecule has 0 spiro atoms. The van der Waals surface area contributed by atoms with E-state index in [-0.39, 0.29) is 23.3 Å². The fraction of sp³-hybridized carbons (Fsp3) is 0.611. The van der Waals surface area contributed by atoms with Crippen molar-refractivity contribution in [1.82, 2.24) is 5.32 Å². The lowest BCUT2D eigenvalue weighted by atomic mass is 9.86. The molecule has 118 valence electrons. The average Bonchev–Trinajstić information content (AvgIpc) is 2.44. The molecule has 0 aromatic heterocycles. The second-order valence-electron chi connectivity index (χ2n) is 7.01. The molecule has 0 radical (unpaired) electrons. The maximum absolute atomic E-state index is 12.1. The van der Waals surface area contributed by atoms with E-state index in [0.717, 1.165) is 12.0 Å². The lowest BCUT2D eigenvalue weighted by Crippen LogP contribution is -2.45. The summed E-state index contributed by atoms with van der Waals surface area (Å²) in [5, 5.41) is 3.01. The van der Waals surface area contributed by atoms with Crippen LogP contribution < -0.4 is 11.1 Å². The Bertz CT molecular complexity index is 459. The topological polar surface area (TPSA) is 55.1 Å². The zero-order valence-electron chi connectivity index (χ0n) is 14.2. The van der Waals surface area contributed by atoms with Gasteiger partial charge in [-0.2, -0.15) is 0 Å². The Hall–Kier alpha value is -1.35. The van der Waals surface area contributed by atoms with Crippen molar-refractivity contribution in [2.75, 3.05) is 0 Å². The maximum Gasteiger partial charge on any atom is 0.237 e. The highest BCUT2D eigenvalue weighted by Gasteiger charge is 2.21. The molecule has 1 amide bonds. The third kappa shape index (κ3) is 4.85. The van der Waals surface area contributed by atoms with E-state index < -0.39 is 6.04 Å². The first-order valence-corrected chi connectivity index (χ1v) is 7.83. The Kier molecular flexibility index (Phi) is 5.97. The third-order valence-corrected chi connectivity index (χ3v) is 4.20. The molecule has 1 aromatic carbocycles. The van der Waals surface area contributed by atoms with Gasteiger partial charge in [-0.25, -0.2) is 0 Å². The zero-order valence-corrected chi connectivity index (χ0v) is 14.2. The van der Waals surface area contributed by atoms with Gasteiger partial charge < -0.3 is 11.1 Å². The van der Waals surface area contributed by atoms with Crippen molar-refractivity contribution in [1.29, 1.82) is 0 Å². The van der Waals surface area contributed by atoms with Crippen LogP contribution in [0.4, 0.5) is 0 Å². The van der Waals surface area contributed by atoms with Gasteiger partial charge in [-0.3, -0.25) is 4.79 Å². The first-order chi connectivity index (χ1) is 9.66. The monoisotopic (exact) mass is 290 g/mol. The molecule has 3 unspecified atom stereocenters. The summed E-state index contributed by atoms with van der Waals surface area (Å²) in [7, 11) is 0. The van der Waals surface area contributed by atoms with Crippen molar-refractivity contribution in [3.8, 4) is 0 Å². The van der Waals surface area contributed by atoms with Crippen molar-refractivity contribution in [2.45, 2.75) is 65.5 Å². The smallest absolute Gasteiger partial charge is 0.237 e. The van der Waals surface area contributed by atoms with Crippen LogP contribution in [0.2, 0.25) is 0 Å². The Morgan fingerprint density at radius 3 is 2.14 bits per heavy atom. The van der Waals surface area contributed by atoms with Crippen LogP contribution in [0, 0.1) is 5.92 Å². The van der Waals surface area contributed by atoms with Crippen molar-refractivity contribution < 1.29 is 4.79 Å². The minimum absolute atomic E-state index is 0.0263. The molecular weight excluding hydrogens is 260 g/mol. The SMILES string of the molecule is CCC(C)C(N)C(=O)NC(C)c1ccc(C(C)(C)C)cc1. The lowest BCUT2D eigenvalue weighted by molar-refractivity contribution is -0.124. The van der Waals surface area contributed by atoms with Crippen LogP contribution in [-0.4, -0.2) is 11.9 Å². The molecule has 0 saturated heterocycles. The van der Waals surface area contributed by atoms with Gasteiger partial charge in [0.2, 0.25) is 5.91 Å². The van der Waals surface area contributed by atoms with E-state index in [4.69, 9.17) is 5.73 Å². The Morgan fingerprint density at radius 2 is 1.71 bits per heavy atom. The number of nitrogens with one attached hydrogen (secondary N) is 1. The van der Waals surface area contributed by atoms with Gasteiger partial charge in [0.15, 0.2) is 0 Å². The molecule has 1 aromatic rings. The normalized spacial score (nSPS) is 16.1. The fourth-order valence-electron chi connectivity index (χ4n) is 2.18. The van der Waals surface area contributed by atoms with Crippen molar-refractivity contribution in [2.24, 2.45) is 11.7 Å². The molecule has 0 fully saturated rings. The second kappa shape index (κ2) is 7.08. The summed E-state index contributed by atoms with van der Waals surface area (Å²) in [4.78, 5) is 12.1. The molecule has 0 aliphatic rings. The van der Waals surface area contributed by atoms with E-state index in [1.54, 1.807) is 0 Å². The highest BCUT2D eigenvalue weighted by molar-refractivity contribution is 5.82. The standard InChI is InChI=1S/C18H30N2O/c1-7-12(2)16(19)17(21)20-13(3)14-8-10-15(11-9-14)18(4,5)6/h8-13,16H,7,19H2,1-6H3,(H,20,21). The van der Waals surface area contributed by atoms with Crippen LogP contribution in [0.1, 0.15) is 65.1 Å². The first kappa shape index (κ1) is 17.7. The third-order valence-electron chi connectivity index (χ3n) is 4.20. The number of carbonyl (C=O) groups excluding carboxylic acids is 1. The van der Waals surface area contributed by atoms with E-state index in [2.05, 4.69) is 50.4 Å². The summed E-state index contributed by atoms with van der Waals surface area (Å²) >= 11 is 0. The van der Waals surface area contributed by atoms with Gasteiger partial charge in [0.05, 0.1) is 12.1 Å². The maximum atomic E-state index is 12.1. The van der Waals surface area contributed by atoms with Gasteiger partial charge in [0.25, 0.3) is 0 Å². The molecule has 21 heavy (non-hydrogen) atoms. The fourth-order valence-corrected chi connectivity index (χ4v) is 2.18. The van der Waals surface area contributed by atoms with Gasteiger partial charge in [-0.15, -0.1) is 0 Å². The summed E-state index contributed by atoms with van der Waals surface area (Å²) < 4.78 is 0. The predicted octanol–water partition coefficient (Wildman–Crippen LogP) is 3.53. The molecule has 0 bridgehead atoms. The number of benzene rings is 1. The zero-order chi connectivity index (χ0) is 16.2. The number of amides is 1. The quantitative estimate of drug-likeness (QED) is 0.871. The Morgan fingerprint density at radius 1 is 1.19 bits per heavy atom. The highest BCUT2D eigenvalue weighted by Crippen LogP contribution is 2.24. The Labute approximate surface area is 129 Å². The number of hydrogen-bond acceptors (Lipinski definition) is 2. The van der Waals surface area contributed by atoms with Crippen LogP contribution in [0.15, 0.2) is 24.3 Å². The van der Waals surface area contributed by atoms with E-state index in [0.29, 0.717) is 0 Å². The molecule has 3 nitrogen and oxygen atoms in total. The van der Waals surface area contributed by atoms with Gasteiger partial charge in [-0.05, 0) is 29.4 Å². The molecule has 3 atom stereocenters. The number of hydrogen-bond donors (Lipinski definition) is 2. The highest BCUT2D eigenvalue weighted by atomic mass is 16.2. The summed E-state index contributed by atoms with van der Waals surface area (Å²) in [6.45, 7) is 12.6. The molecule has 3 heteroatoms. The summed E-state index contributed by atoms with van der Waals surface area (Å²) in [6.07, 6.45) is 0.906. The van der Waals surface area contributed by atoms with Crippen molar-refractivity contribution >= 4 is 5.91 Å². The molecule has 0 heterocycles. The van der Waals surface area contributed by atoms with Gasteiger partial charge >= 0.3 is 0 Å². The molecule has 3 N–H and O–H groups in total. The van der Waals surface area contributed by atoms with Crippen LogP contribution in [0.5, 0.6) is 0 Å². The number of rotatable bonds is 5. The van der Waals surface area contributed by atoms with Crippen LogP contribution in [-0.2, 0) is 10.2 Å². The first-order valence-electron chi connectivity index (χ1n) is 7.83. The minimum Gasteiger partial charge on any atom is -0.348 e. The summed E-state index contributed by atoms with van der Waals surface area (Å²) in [5.74, 6) is 0.122. The predicted molar refractivity (Wildman–Crippen MR) is 89.1 cm³/mol. The van der Waals surface area contributed by atoms with Crippen molar-refractivity contribution in [3.05, 3.63) is 35.4 Å². The summed E-state index contributed by atoms with van der Waals surface area (Å²) in [6, 6.07) is 7.97. The average molecular weight is 290 g/mol. The van der Waals surface area contributed by atoms with E-state index in [9.17, 15) is 4.79 Å². The summed E-state index contributed by atoms with van der Waals surface area (Å²) in [5.41, 5.74) is 8.51. The van der Waals surface area contributed by atoms with Crippen LogP contribution in [0.25, 0.3) is 0 Å². The Balaban J connectivity index is 2.72. The largest absolute Gasteiger partial charge is 0.348 e. The van der Waals surface area contributed by atoms with Gasteiger partial charge in [-0.1, -0.05) is 65.3 Å². The van der Waals surface area contributed by atoms with Crippen molar-refractivity contribution in [3.63, 3.8) is 0 Å². The second-order valence-corrected chi connectivity index (χ2v) is 7.01. The molecule has 0 saturated carbocycles. The number of nitrogens with two attached hydrogens (primary N) is 1. The van der Waals surface area contributed by atoms with E-state index in [1.807, 2.05) is 20.8 Å². The van der Waals surface area contributed by atoms with Gasteiger partial charge in [0.1, 0.15) is 0 Å². The van der Waals surface area contributed by atoms with E-state index in [1.165, 1.54) is 5.56 Å². The molecular formula is C18H30N2O. The minimum atomic E-state index is -0.439.